The summed E-state index contributed by atoms with van der Waals surface area (Å²) < 4.78 is 5.18. The van der Waals surface area contributed by atoms with Crippen molar-refractivity contribution in [2.24, 2.45) is 0 Å². The molecule has 1 amide bonds. The van der Waals surface area contributed by atoms with Gasteiger partial charge in [-0.25, -0.2) is 0 Å². The lowest BCUT2D eigenvalue weighted by Crippen LogP contribution is -2.49. The van der Waals surface area contributed by atoms with Gasteiger partial charge in [0.2, 0.25) is 5.91 Å². The van der Waals surface area contributed by atoms with Crippen LogP contribution in [0.15, 0.2) is 24.3 Å². The number of hydrogen-bond donors (Lipinski definition) is 1. The highest BCUT2D eigenvalue weighted by Crippen LogP contribution is 2.18. The van der Waals surface area contributed by atoms with E-state index in [0.29, 0.717) is 19.5 Å². The second kappa shape index (κ2) is 7.97. The summed E-state index contributed by atoms with van der Waals surface area (Å²) in [5, 5.41) is 9.27. The lowest BCUT2D eigenvalue weighted by molar-refractivity contribution is -0.146. The second-order valence-corrected chi connectivity index (χ2v) is 5.92. The summed E-state index contributed by atoms with van der Waals surface area (Å²) in [6.45, 7) is 1.29. The lowest BCUT2D eigenvalue weighted by Gasteiger charge is -2.33. The van der Waals surface area contributed by atoms with Gasteiger partial charge in [0.1, 0.15) is 11.8 Å². The maximum Gasteiger partial charge on any atom is 0.320 e. The van der Waals surface area contributed by atoms with Crippen LogP contribution in [-0.2, 0) is 16.1 Å². The van der Waals surface area contributed by atoms with Crippen molar-refractivity contribution in [1.82, 2.24) is 9.80 Å². The Morgan fingerprint density at radius 3 is 2.87 bits per heavy atom. The number of benzene rings is 1. The standard InChI is InChI=1S/C17H24N2O4/c1-18(11-13-6-5-7-14(10-13)23-2)16(20)12-19-9-4-3-8-15(19)17(21)22/h5-7,10,15H,3-4,8-9,11-12H2,1-2H3,(H,21,22). The van der Waals surface area contributed by atoms with Crippen molar-refractivity contribution in [3.63, 3.8) is 0 Å². The Morgan fingerprint density at radius 2 is 2.17 bits per heavy atom. The molecule has 1 N–H and O–H groups in total. The average molecular weight is 320 g/mol. The van der Waals surface area contributed by atoms with Crippen molar-refractivity contribution in [2.45, 2.75) is 31.8 Å². The maximum atomic E-state index is 12.4. The number of carbonyl (C=O) groups is 2. The number of rotatable bonds is 6. The van der Waals surface area contributed by atoms with Crippen LogP contribution in [0, 0.1) is 0 Å². The average Bonchev–Trinajstić information content (AvgIpc) is 2.55. The minimum Gasteiger partial charge on any atom is -0.497 e. The number of likely N-dealkylation sites (tertiary alicyclic amines) is 1. The molecule has 1 saturated heterocycles. The Bertz CT molecular complexity index is 561. The molecule has 1 unspecified atom stereocenters. The molecule has 6 nitrogen and oxygen atoms in total. The van der Waals surface area contributed by atoms with Crippen LogP contribution in [-0.4, -0.2) is 60.1 Å². The van der Waals surface area contributed by atoms with Crippen LogP contribution < -0.4 is 4.74 Å². The summed E-state index contributed by atoms with van der Waals surface area (Å²) >= 11 is 0. The van der Waals surface area contributed by atoms with Crippen LogP contribution in [0.1, 0.15) is 24.8 Å². The highest BCUT2D eigenvalue weighted by Gasteiger charge is 2.30. The lowest BCUT2D eigenvalue weighted by atomic mass is 10.0. The van der Waals surface area contributed by atoms with Gasteiger partial charge in [-0.2, -0.15) is 0 Å². The maximum absolute atomic E-state index is 12.4. The molecule has 0 saturated carbocycles. The van der Waals surface area contributed by atoms with Crippen molar-refractivity contribution in [1.29, 1.82) is 0 Å². The molecule has 1 aliphatic heterocycles. The van der Waals surface area contributed by atoms with E-state index in [1.807, 2.05) is 24.3 Å². The predicted octanol–water partition coefficient (Wildman–Crippen LogP) is 1.59. The quantitative estimate of drug-likeness (QED) is 0.862. The normalized spacial score (nSPS) is 18.4. The Morgan fingerprint density at radius 1 is 1.39 bits per heavy atom. The second-order valence-electron chi connectivity index (χ2n) is 5.92. The number of piperidine rings is 1. The van der Waals surface area contributed by atoms with Crippen LogP contribution in [0.25, 0.3) is 0 Å². The first-order valence-corrected chi connectivity index (χ1v) is 7.85. The Kier molecular flexibility index (Phi) is 5.98. The molecular weight excluding hydrogens is 296 g/mol. The van der Waals surface area contributed by atoms with Crippen molar-refractivity contribution in [3.05, 3.63) is 29.8 Å². The van der Waals surface area contributed by atoms with E-state index >= 15 is 0 Å². The van der Waals surface area contributed by atoms with Crippen molar-refractivity contribution >= 4 is 11.9 Å². The van der Waals surface area contributed by atoms with Gasteiger partial charge in [-0.15, -0.1) is 0 Å². The smallest absolute Gasteiger partial charge is 0.320 e. The molecule has 23 heavy (non-hydrogen) atoms. The molecule has 126 valence electrons. The molecule has 0 spiro atoms. The number of hydrogen-bond acceptors (Lipinski definition) is 4. The number of carboxylic acid groups (broad SMARTS) is 1. The summed E-state index contributed by atoms with van der Waals surface area (Å²) in [4.78, 5) is 27.1. The van der Waals surface area contributed by atoms with E-state index in [1.165, 1.54) is 0 Å². The van der Waals surface area contributed by atoms with E-state index in [-0.39, 0.29) is 12.5 Å². The van der Waals surface area contributed by atoms with Gasteiger partial charge in [0, 0.05) is 13.6 Å². The van der Waals surface area contributed by atoms with Crippen LogP contribution in [0.4, 0.5) is 0 Å². The van der Waals surface area contributed by atoms with Gasteiger partial charge < -0.3 is 14.7 Å². The molecule has 2 rings (SSSR count). The number of likely N-dealkylation sites (N-methyl/N-ethyl adjacent to an activating group) is 1. The first-order valence-electron chi connectivity index (χ1n) is 7.85. The fourth-order valence-electron chi connectivity index (χ4n) is 2.89. The fraction of sp³-hybridized carbons (Fsp3) is 0.529. The minimum absolute atomic E-state index is 0.0685. The Labute approximate surface area is 136 Å². The van der Waals surface area contributed by atoms with Crippen LogP contribution in [0.5, 0.6) is 5.75 Å². The minimum atomic E-state index is -0.840. The number of ether oxygens (including phenoxy) is 1. The van der Waals surface area contributed by atoms with Gasteiger partial charge in [-0.05, 0) is 37.1 Å². The van der Waals surface area contributed by atoms with Crippen molar-refractivity contribution in [3.8, 4) is 5.75 Å². The molecule has 1 aromatic carbocycles. The van der Waals surface area contributed by atoms with E-state index in [9.17, 15) is 14.7 Å². The molecule has 1 atom stereocenters. The Hall–Kier alpha value is -2.08. The molecular formula is C17H24N2O4. The zero-order valence-electron chi connectivity index (χ0n) is 13.7. The van der Waals surface area contributed by atoms with E-state index in [0.717, 1.165) is 24.2 Å². The topological polar surface area (TPSA) is 70.1 Å². The summed E-state index contributed by atoms with van der Waals surface area (Å²) in [5.41, 5.74) is 0.980. The Balaban J connectivity index is 1.94. The summed E-state index contributed by atoms with van der Waals surface area (Å²) in [7, 11) is 3.35. The first-order chi connectivity index (χ1) is 11.0. The van der Waals surface area contributed by atoms with E-state index in [4.69, 9.17) is 4.74 Å². The molecule has 0 radical (unpaired) electrons. The van der Waals surface area contributed by atoms with Gasteiger partial charge in [-0.3, -0.25) is 14.5 Å². The third-order valence-electron chi connectivity index (χ3n) is 4.22. The van der Waals surface area contributed by atoms with Crippen molar-refractivity contribution in [2.75, 3.05) is 27.2 Å². The third kappa shape index (κ3) is 4.69. The SMILES string of the molecule is COc1cccc(CN(C)C(=O)CN2CCCCC2C(=O)O)c1. The van der Waals surface area contributed by atoms with Crippen LogP contribution in [0.2, 0.25) is 0 Å². The molecule has 0 aromatic heterocycles. The molecule has 6 heteroatoms. The largest absolute Gasteiger partial charge is 0.497 e. The molecule has 0 bridgehead atoms. The van der Waals surface area contributed by atoms with Gasteiger partial charge in [0.05, 0.1) is 13.7 Å². The summed E-state index contributed by atoms with van der Waals surface area (Å²) in [5.74, 6) is -0.153. The number of aliphatic carboxylic acids is 1. The third-order valence-corrected chi connectivity index (χ3v) is 4.22. The number of amides is 1. The van der Waals surface area contributed by atoms with E-state index < -0.39 is 12.0 Å². The number of carboxylic acids is 1. The van der Waals surface area contributed by atoms with Gasteiger partial charge >= 0.3 is 5.97 Å². The van der Waals surface area contributed by atoms with E-state index in [2.05, 4.69) is 0 Å². The first kappa shape index (κ1) is 17.3. The highest BCUT2D eigenvalue weighted by atomic mass is 16.5. The molecule has 1 aromatic rings. The molecule has 1 heterocycles. The number of methoxy groups -OCH3 is 1. The monoisotopic (exact) mass is 320 g/mol. The van der Waals surface area contributed by atoms with Gasteiger partial charge in [0.15, 0.2) is 0 Å². The van der Waals surface area contributed by atoms with Crippen LogP contribution >= 0.6 is 0 Å². The zero-order valence-corrected chi connectivity index (χ0v) is 13.7. The molecule has 0 aliphatic carbocycles. The molecule has 1 aliphatic rings. The van der Waals surface area contributed by atoms with Gasteiger partial charge in [0.25, 0.3) is 0 Å². The fourth-order valence-corrected chi connectivity index (χ4v) is 2.89. The molecule has 1 fully saturated rings. The summed E-state index contributed by atoms with van der Waals surface area (Å²) in [6.07, 6.45) is 2.46. The van der Waals surface area contributed by atoms with Crippen molar-refractivity contribution < 1.29 is 19.4 Å². The van der Waals surface area contributed by atoms with Crippen LogP contribution in [0.3, 0.4) is 0 Å². The van der Waals surface area contributed by atoms with E-state index in [1.54, 1.807) is 24.0 Å². The summed E-state index contributed by atoms with van der Waals surface area (Å²) in [6, 6.07) is 7.03. The zero-order chi connectivity index (χ0) is 16.8. The predicted molar refractivity (Wildman–Crippen MR) is 86.3 cm³/mol. The number of carbonyl (C=O) groups excluding carboxylic acids is 1. The van der Waals surface area contributed by atoms with Gasteiger partial charge in [-0.1, -0.05) is 18.6 Å². The number of nitrogens with zero attached hydrogens (tertiary/aromatic N) is 2. The highest BCUT2D eigenvalue weighted by molar-refractivity contribution is 5.80.